The van der Waals surface area contributed by atoms with Crippen LogP contribution in [0.1, 0.15) is 25.7 Å². The second-order valence-corrected chi connectivity index (χ2v) is 3.66. The first kappa shape index (κ1) is 16.1. The topological polar surface area (TPSA) is 3.24 Å². The van der Waals surface area contributed by atoms with Gasteiger partial charge in [0, 0.05) is 25.9 Å². The summed E-state index contributed by atoms with van der Waals surface area (Å²) in [4.78, 5) is 1.37. The molecule has 7 heteroatoms. The molecule has 0 radical (unpaired) electrons. The zero-order valence-corrected chi connectivity index (χ0v) is 9.24. The van der Waals surface area contributed by atoms with Gasteiger partial charge in [-0.2, -0.15) is 26.3 Å². The van der Waals surface area contributed by atoms with Crippen LogP contribution in [-0.4, -0.2) is 30.3 Å². The molecule has 102 valence electrons. The molecule has 0 rings (SSSR count). The summed E-state index contributed by atoms with van der Waals surface area (Å²) in [5.74, 6) is 0. The van der Waals surface area contributed by atoms with Crippen LogP contribution in [0.2, 0.25) is 0 Å². The van der Waals surface area contributed by atoms with Crippen molar-refractivity contribution in [3.8, 4) is 0 Å². The van der Waals surface area contributed by atoms with Crippen LogP contribution in [0.5, 0.6) is 0 Å². The number of alkyl halides is 6. The molecule has 0 N–H and O–H groups in total. The van der Waals surface area contributed by atoms with Crippen LogP contribution >= 0.6 is 0 Å². The number of halogens is 6. The molecule has 0 amide bonds. The van der Waals surface area contributed by atoms with Gasteiger partial charge in [0.2, 0.25) is 0 Å². The Labute approximate surface area is 96.1 Å². The van der Waals surface area contributed by atoms with Crippen molar-refractivity contribution in [3.05, 3.63) is 12.8 Å². The molecule has 0 aliphatic heterocycles. The van der Waals surface area contributed by atoms with E-state index in [9.17, 15) is 26.3 Å². The van der Waals surface area contributed by atoms with Crippen LogP contribution in [0.3, 0.4) is 0 Å². The highest BCUT2D eigenvalue weighted by Crippen LogP contribution is 2.23. The zero-order valence-electron chi connectivity index (χ0n) is 9.24. The van der Waals surface area contributed by atoms with Crippen molar-refractivity contribution in [2.24, 2.45) is 0 Å². The second kappa shape index (κ2) is 6.76. The lowest BCUT2D eigenvalue weighted by atomic mass is 10.2. The van der Waals surface area contributed by atoms with Crippen molar-refractivity contribution in [1.29, 1.82) is 0 Å². The van der Waals surface area contributed by atoms with Gasteiger partial charge in [0.25, 0.3) is 0 Å². The first-order chi connectivity index (χ1) is 7.64. The molecule has 0 aliphatic carbocycles. The molecular weight excluding hydrogens is 248 g/mol. The fourth-order valence-corrected chi connectivity index (χ4v) is 1.26. The van der Waals surface area contributed by atoms with Crippen LogP contribution in [0.15, 0.2) is 12.8 Å². The van der Waals surface area contributed by atoms with Gasteiger partial charge in [0.15, 0.2) is 0 Å². The smallest absolute Gasteiger partial charge is 0.378 e. The SMILES string of the molecule is C=CN(CCCC(F)(F)F)CCCC(F)(F)F. The summed E-state index contributed by atoms with van der Waals surface area (Å²) >= 11 is 0. The van der Waals surface area contributed by atoms with Crippen LogP contribution in [0.25, 0.3) is 0 Å². The van der Waals surface area contributed by atoms with E-state index in [2.05, 4.69) is 6.58 Å². The van der Waals surface area contributed by atoms with Crippen LogP contribution in [0, 0.1) is 0 Å². The lowest BCUT2D eigenvalue weighted by Crippen LogP contribution is -2.22. The normalized spacial score (nSPS) is 12.6. The van der Waals surface area contributed by atoms with E-state index in [1.807, 2.05) is 0 Å². The second-order valence-electron chi connectivity index (χ2n) is 3.66. The predicted molar refractivity (Wildman–Crippen MR) is 52.3 cm³/mol. The number of rotatable bonds is 7. The van der Waals surface area contributed by atoms with Gasteiger partial charge < -0.3 is 4.90 Å². The van der Waals surface area contributed by atoms with E-state index in [0.29, 0.717) is 0 Å². The molecule has 0 aromatic heterocycles. The maximum Gasteiger partial charge on any atom is 0.389 e. The Morgan fingerprint density at radius 1 is 0.824 bits per heavy atom. The highest BCUT2D eigenvalue weighted by molar-refractivity contribution is 4.72. The van der Waals surface area contributed by atoms with Crippen molar-refractivity contribution >= 4 is 0 Å². The summed E-state index contributed by atoms with van der Waals surface area (Å²) in [6, 6.07) is 0. The fourth-order valence-electron chi connectivity index (χ4n) is 1.26. The molecular formula is C10H15F6N. The molecule has 17 heavy (non-hydrogen) atoms. The minimum atomic E-state index is -4.22. The van der Waals surface area contributed by atoms with E-state index in [1.54, 1.807) is 0 Å². The molecule has 0 atom stereocenters. The van der Waals surface area contributed by atoms with Crippen molar-refractivity contribution in [1.82, 2.24) is 4.90 Å². The van der Waals surface area contributed by atoms with Crippen molar-refractivity contribution in [2.45, 2.75) is 38.0 Å². The van der Waals surface area contributed by atoms with Crippen LogP contribution < -0.4 is 0 Å². The molecule has 0 heterocycles. The molecule has 0 saturated carbocycles. The largest absolute Gasteiger partial charge is 0.389 e. The molecule has 0 saturated heterocycles. The minimum Gasteiger partial charge on any atom is -0.378 e. The van der Waals surface area contributed by atoms with Crippen LogP contribution in [0.4, 0.5) is 26.3 Å². The zero-order chi connectivity index (χ0) is 13.5. The lowest BCUT2D eigenvalue weighted by Gasteiger charge is -2.20. The van der Waals surface area contributed by atoms with E-state index in [0.717, 1.165) is 0 Å². The molecule has 0 bridgehead atoms. The molecule has 1 nitrogen and oxygen atoms in total. The molecule has 0 aromatic carbocycles. The highest BCUT2D eigenvalue weighted by atomic mass is 19.4. The van der Waals surface area contributed by atoms with Gasteiger partial charge in [-0.15, -0.1) is 0 Å². The Morgan fingerprint density at radius 3 is 1.41 bits per heavy atom. The summed E-state index contributed by atoms with van der Waals surface area (Å²) in [5, 5.41) is 0. The first-order valence-corrected chi connectivity index (χ1v) is 5.14. The summed E-state index contributed by atoms with van der Waals surface area (Å²) < 4.78 is 71.0. The van der Waals surface area contributed by atoms with Gasteiger partial charge in [0.1, 0.15) is 0 Å². The van der Waals surface area contributed by atoms with Crippen molar-refractivity contribution in [2.75, 3.05) is 13.1 Å². The van der Waals surface area contributed by atoms with E-state index in [-0.39, 0.29) is 25.9 Å². The molecule has 0 aromatic rings. The van der Waals surface area contributed by atoms with Gasteiger partial charge in [-0.25, -0.2) is 0 Å². The van der Waals surface area contributed by atoms with Gasteiger partial charge in [0.05, 0.1) is 0 Å². The van der Waals surface area contributed by atoms with Crippen molar-refractivity contribution < 1.29 is 26.3 Å². The third-order valence-electron chi connectivity index (χ3n) is 2.07. The fraction of sp³-hybridized carbons (Fsp3) is 0.800. The summed E-state index contributed by atoms with van der Waals surface area (Å²) in [5.41, 5.74) is 0. The lowest BCUT2D eigenvalue weighted by molar-refractivity contribution is -0.136. The highest BCUT2D eigenvalue weighted by Gasteiger charge is 2.27. The summed E-state index contributed by atoms with van der Waals surface area (Å²) in [6.45, 7) is 3.50. The van der Waals surface area contributed by atoms with Gasteiger partial charge in [-0.1, -0.05) is 6.58 Å². The van der Waals surface area contributed by atoms with Crippen molar-refractivity contribution in [3.63, 3.8) is 0 Å². The van der Waals surface area contributed by atoms with E-state index in [1.165, 1.54) is 11.1 Å². The monoisotopic (exact) mass is 263 g/mol. The first-order valence-electron chi connectivity index (χ1n) is 5.14. The quantitative estimate of drug-likeness (QED) is 0.624. The van der Waals surface area contributed by atoms with Gasteiger partial charge >= 0.3 is 12.4 Å². The minimum absolute atomic E-state index is 0.0703. The molecule has 0 unspecified atom stereocenters. The van der Waals surface area contributed by atoms with Gasteiger partial charge in [-0.3, -0.25) is 0 Å². The van der Waals surface area contributed by atoms with Crippen LogP contribution in [-0.2, 0) is 0 Å². The third-order valence-corrected chi connectivity index (χ3v) is 2.07. The summed E-state index contributed by atoms with van der Waals surface area (Å²) in [7, 11) is 0. The molecule has 0 aliphatic rings. The summed E-state index contributed by atoms with van der Waals surface area (Å²) in [6.07, 6.45) is -9.32. The Kier molecular flexibility index (Phi) is 6.41. The standard InChI is InChI=1S/C10H15F6N/c1-2-17(7-3-5-9(11,12)13)8-4-6-10(14,15)16/h2H,1,3-8H2. The number of hydrogen-bond donors (Lipinski definition) is 0. The molecule has 0 fully saturated rings. The molecule has 0 spiro atoms. The Balaban J connectivity index is 3.74. The predicted octanol–water partition coefficient (Wildman–Crippen LogP) is 4.12. The average Bonchev–Trinajstić information content (AvgIpc) is 2.11. The van der Waals surface area contributed by atoms with E-state index >= 15 is 0 Å². The van der Waals surface area contributed by atoms with E-state index < -0.39 is 25.2 Å². The number of hydrogen-bond acceptors (Lipinski definition) is 1. The average molecular weight is 263 g/mol. The van der Waals surface area contributed by atoms with Gasteiger partial charge in [-0.05, 0) is 19.0 Å². The Hall–Kier alpha value is -0.880. The third kappa shape index (κ3) is 11.4. The maximum absolute atomic E-state index is 11.8. The maximum atomic E-state index is 11.8. The number of nitrogens with zero attached hydrogens (tertiary/aromatic N) is 1. The van der Waals surface area contributed by atoms with E-state index in [4.69, 9.17) is 0 Å². The Bertz CT molecular complexity index is 200. The Morgan fingerprint density at radius 2 is 1.18 bits per heavy atom.